The van der Waals surface area contributed by atoms with Crippen LogP contribution < -0.4 is 5.73 Å². The lowest BCUT2D eigenvalue weighted by Gasteiger charge is -2.37. The summed E-state index contributed by atoms with van der Waals surface area (Å²) in [6.07, 6.45) is 5.07. The molecule has 1 aromatic heterocycles. The summed E-state index contributed by atoms with van der Waals surface area (Å²) in [5, 5.41) is 0. The predicted molar refractivity (Wildman–Crippen MR) is 75.3 cm³/mol. The highest BCUT2D eigenvalue weighted by atomic mass is 79.9. The molecule has 0 radical (unpaired) electrons. The van der Waals surface area contributed by atoms with E-state index in [9.17, 15) is 0 Å². The van der Waals surface area contributed by atoms with Crippen molar-refractivity contribution in [3.8, 4) is 0 Å². The topological polar surface area (TPSA) is 51.4 Å². The maximum atomic E-state index is 5.95. The molecule has 1 aliphatic rings. The number of hydrogen-bond acceptors (Lipinski definition) is 4. The summed E-state index contributed by atoms with van der Waals surface area (Å²) < 4.78 is 6.70. The average Bonchev–Trinajstić information content (AvgIpc) is 2.40. The molecule has 2 heterocycles. The van der Waals surface area contributed by atoms with Gasteiger partial charge in [-0.15, -0.1) is 0 Å². The minimum absolute atomic E-state index is 0.230. The normalized spacial score (nSPS) is 22.9. The maximum absolute atomic E-state index is 5.95. The van der Waals surface area contributed by atoms with Gasteiger partial charge in [0.15, 0.2) is 0 Å². The molecule has 0 bridgehead atoms. The Balaban J connectivity index is 2.12. The molecule has 1 saturated heterocycles. The Kier molecular flexibility index (Phi) is 5.12. The number of nitrogens with zero attached hydrogens (tertiary/aromatic N) is 2. The summed E-state index contributed by atoms with van der Waals surface area (Å²) in [4.78, 5) is 6.63. The Morgan fingerprint density at radius 1 is 1.61 bits per heavy atom. The van der Waals surface area contributed by atoms with Crippen LogP contribution >= 0.6 is 15.9 Å². The lowest BCUT2D eigenvalue weighted by Crippen LogP contribution is -2.46. The number of nitrogens with two attached hydrogens (primary N) is 1. The van der Waals surface area contributed by atoms with E-state index in [-0.39, 0.29) is 6.04 Å². The molecule has 0 aromatic carbocycles. The number of hydrogen-bond donors (Lipinski definition) is 1. The van der Waals surface area contributed by atoms with Gasteiger partial charge in [0.1, 0.15) is 0 Å². The lowest BCUT2D eigenvalue weighted by atomic mass is 10.1. The molecule has 4 nitrogen and oxygen atoms in total. The molecule has 2 rings (SSSR count). The molecule has 0 amide bonds. The SMILES string of the molecule is CCC1CN(C(CN)c2cncc(Br)c2)CCO1. The van der Waals surface area contributed by atoms with Crippen LogP contribution in [0.3, 0.4) is 0 Å². The van der Waals surface area contributed by atoms with Gasteiger partial charge < -0.3 is 10.5 Å². The van der Waals surface area contributed by atoms with Gasteiger partial charge in [0.05, 0.1) is 12.7 Å². The summed E-state index contributed by atoms with van der Waals surface area (Å²) in [6, 6.07) is 2.33. The summed E-state index contributed by atoms with van der Waals surface area (Å²) in [5.74, 6) is 0. The highest BCUT2D eigenvalue weighted by Gasteiger charge is 2.26. The molecule has 0 saturated carbocycles. The second-order valence-electron chi connectivity index (χ2n) is 4.58. The number of aromatic nitrogens is 1. The summed E-state index contributed by atoms with van der Waals surface area (Å²) in [5.41, 5.74) is 7.12. The lowest BCUT2D eigenvalue weighted by molar-refractivity contribution is -0.0437. The van der Waals surface area contributed by atoms with Crippen molar-refractivity contribution < 1.29 is 4.74 Å². The van der Waals surface area contributed by atoms with Crippen molar-refractivity contribution in [2.75, 3.05) is 26.2 Å². The molecule has 1 fully saturated rings. The fourth-order valence-corrected chi connectivity index (χ4v) is 2.76. The van der Waals surface area contributed by atoms with Crippen LogP contribution in [0.4, 0.5) is 0 Å². The highest BCUT2D eigenvalue weighted by molar-refractivity contribution is 9.10. The van der Waals surface area contributed by atoms with Gasteiger partial charge in [-0.1, -0.05) is 6.92 Å². The number of rotatable bonds is 4. The van der Waals surface area contributed by atoms with Gasteiger partial charge in [0.2, 0.25) is 0 Å². The first-order chi connectivity index (χ1) is 8.74. The van der Waals surface area contributed by atoms with E-state index in [1.807, 2.05) is 6.20 Å². The Labute approximate surface area is 117 Å². The second-order valence-corrected chi connectivity index (χ2v) is 5.50. The van der Waals surface area contributed by atoms with Gasteiger partial charge in [0, 0.05) is 42.5 Å². The fourth-order valence-electron chi connectivity index (χ4n) is 2.38. The predicted octanol–water partition coefficient (Wildman–Crippen LogP) is 1.95. The van der Waals surface area contributed by atoms with Crippen LogP contribution in [0.2, 0.25) is 0 Å². The van der Waals surface area contributed by atoms with Gasteiger partial charge in [-0.25, -0.2) is 0 Å². The van der Waals surface area contributed by atoms with E-state index in [0.29, 0.717) is 12.6 Å². The van der Waals surface area contributed by atoms with Crippen molar-refractivity contribution in [2.45, 2.75) is 25.5 Å². The summed E-state index contributed by atoms with van der Waals surface area (Å²) >= 11 is 3.46. The zero-order chi connectivity index (χ0) is 13.0. The summed E-state index contributed by atoms with van der Waals surface area (Å²) in [7, 11) is 0. The van der Waals surface area contributed by atoms with Gasteiger partial charge in [-0.05, 0) is 34.0 Å². The molecule has 18 heavy (non-hydrogen) atoms. The fraction of sp³-hybridized carbons (Fsp3) is 0.615. The van der Waals surface area contributed by atoms with E-state index >= 15 is 0 Å². The van der Waals surface area contributed by atoms with Gasteiger partial charge in [0.25, 0.3) is 0 Å². The molecule has 5 heteroatoms. The van der Waals surface area contributed by atoms with Crippen LogP contribution in [0, 0.1) is 0 Å². The average molecular weight is 314 g/mol. The van der Waals surface area contributed by atoms with Crippen LogP contribution in [-0.4, -0.2) is 42.2 Å². The molecule has 1 aliphatic heterocycles. The van der Waals surface area contributed by atoms with Crippen molar-refractivity contribution in [3.05, 3.63) is 28.5 Å². The third-order valence-corrected chi connectivity index (χ3v) is 3.83. The van der Waals surface area contributed by atoms with Crippen molar-refractivity contribution in [2.24, 2.45) is 5.73 Å². The number of ether oxygens (including phenoxy) is 1. The maximum Gasteiger partial charge on any atom is 0.0700 e. The van der Waals surface area contributed by atoms with Crippen LogP contribution in [0.15, 0.2) is 22.9 Å². The van der Waals surface area contributed by atoms with E-state index in [1.165, 1.54) is 5.56 Å². The monoisotopic (exact) mass is 313 g/mol. The van der Waals surface area contributed by atoms with Crippen LogP contribution in [0.5, 0.6) is 0 Å². The Bertz CT molecular complexity index is 388. The third-order valence-electron chi connectivity index (χ3n) is 3.40. The second kappa shape index (κ2) is 6.61. The molecule has 0 spiro atoms. The van der Waals surface area contributed by atoms with E-state index in [1.54, 1.807) is 6.20 Å². The molecule has 2 N–H and O–H groups in total. The zero-order valence-corrected chi connectivity index (χ0v) is 12.3. The molecule has 0 aliphatic carbocycles. The van der Waals surface area contributed by atoms with Crippen LogP contribution in [-0.2, 0) is 4.74 Å². The third kappa shape index (κ3) is 3.29. The molecule has 1 aromatic rings. The summed E-state index contributed by atoms with van der Waals surface area (Å²) in [6.45, 7) is 5.44. The van der Waals surface area contributed by atoms with Crippen molar-refractivity contribution in [3.63, 3.8) is 0 Å². The largest absolute Gasteiger partial charge is 0.376 e. The van der Waals surface area contributed by atoms with Crippen LogP contribution in [0.1, 0.15) is 24.9 Å². The Morgan fingerprint density at radius 2 is 2.44 bits per heavy atom. The molecular formula is C13H20BrN3O. The zero-order valence-electron chi connectivity index (χ0n) is 10.7. The van der Waals surface area contributed by atoms with Crippen LogP contribution in [0.25, 0.3) is 0 Å². The van der Waals surface area contributed by atoms with Crippen molar-refractivity contribution in [1.82, 2.24) is 9.88 Å². The molecule has 2 unspecified atom stereocenters. The first kappa shape index (κ1) is 13.9. The quantitative estimate of drug-likeness (QED) is 0.923. The van der Waals surface area contributed by atoms with Gasteiger partial charge in [-0.2, -0.15) is 0 Å². The molecule has 100 valence electrons. The number of morpholine rings is 1. The minimum atomic E-state index is 0.230. The van der Waals surface area contributed by atoms with Gasteiger partial charge >= 0.3 is 0 Å². The Morgan fingerprint density at radius 3 is 3.11 bits per heavy atom. The standard InChI is InChI=1S/C13H20BrN3O/c1-2-12-9-17(3-4-18-12)13(6-15)10-5-11(14)8-16-7-10/h5,7-8,12-13H,2-4,6,9,15H2,1H3. The first-order valence-electron chi connectivity index (χ1n) is 6.40. The first-order valence-corrected chi connectivity index (χ1v) is 7.20. The van der Waals surface area contributed by atoms with E-state index in [0.717, 1.165) is 30.6 Å². The molecule has 2 atom stereocenters. The van der Waals surface area contributed by atoms with E-state index in [4.69, 9.17) is 10.5 Å². The molecular weight excluding hydrogens is 294 g/mol. The Hall–Kier alpha value is -0.490. The van der Waals surface area contributed by atoms with Crippen molar-refractivity contribution in [1.29, 1.82) is 0 Å². The van der Waals surface area contributed by atoms with E-state index < -0.39 is 0 Å². The van der Waals surface area contributed by atoms with Gasteiger partial charge in [-0.3, -0.25) is 9.88 Å². The number of pyridine rings is 1. The minimum Gasteiger partial charge on any atom is -0.376 e. The van der Waals surface area contributed by atoms with E-state index in [2.05, 4.69) is 38.8 Å². The van der Waals surface area contributed by atoms with Crippen molar-refractivity contribution >= 4 is 15.9 Å². The number of halogens is 1. The highest BCUT2D eigenvalue weighted by Crippen LogP contribution is 2.24. The smallest absolute Gasteiger partial charge is 0.0700 e.